The number of aliphatic hydroxyl groups excluding tert-OH is 1. The van der Waals surface area contributed by atoms with Crippen LogP contribution in [0.2, 0.25) is 0 Å². The van der Waals surface area contributed by atoms with Gasteiger partial charge in [0.2, 0.25) is 5.91 Å². The highest BCUT2D eigenvalue weighted by atomic mass is 32.2. The Bertz CT molecular complexity index is 384. The van der Waals surface area contributed by atoms with Crippen molar-refractivity contribution >= 4 is 17.7 Å². The maximum atomic E-state index is 10.7. The average molecular weight is 241 g/mol. The molecule has 0 fully saturated rings. The summed E-state index contributed by atoms with van der Waals surface area (Å²) in [6, 6.07) is 3.41. The maximum Gasteiger partial charge on any atom is 0.223 e. The van der Waals surface area contributed by atoms with Gasteiger partial charge in [-0.15, -0.1) is 11.8 Å². The largest absolute Gasteiger partial charge is 0.387 e. The zero-order valence-corrected chi connectivity index (χ0v) is 9.83. The first kappa shape index (κ1) is 13.0. The summed E-state index contributed by atoms with van der Waals surface area (Å²) >= 11 is 1.40. The molecule has 1 unspecified atom stereocenters. The van der Waals surface area contributed by atoms with Gasteiger partial charge in [-0.2, -0.15) is 0 Å². The molecule has 0 radical (unpaired) electrons. The fraction of sp³-hybridized carbons (Fsp3) is 0.400. The van der Waals surface area contributed by atoms with E-state index in [9.17, 15) is 9.90 Å². The van der Waals surface area contributed by atoms with E-state index in [2.05, 4.69) is 4.98 Å². The van der Waals surface area contributed by atoms with Gasteiger partial charge in [-0.1, -0.05) is 6.07 Å². The molecule has 1 atom stereocenters. The Hall–Kier alpha value is -1.11. The number of amides is 1. The summed E-state index contributed by atoms with van der Waals surface area (Å²) in [4.78, 5) is 15.0. The van der Waals surface area contributed by atoms with Crippen molar-refractivity contribution in [1.29, 1.82) is 0 Å². The van der Waals surface area contributed by atoms with Crippen molar-refractivity contribution in [2.45, 2.75) is 17.6 Å². The third-order valence-corrected chi connectivity index (χ3v) is 2.79. The SMILES string of the molecule is CSc1nc(CC(N)=O)ccc1C(O)CN. The third-order valence-electron chi connectivity index (χ3n) is 2.08. The van der Waals surface area contributed by atoms with E-state index >= 15 is 0 Å². The highest BCUT2D eigenvalue weighted by molar-refractivity contribution is 7.98. The molecule has 16 heavy (non-hydrogen) atoms. The van der Waals surface area contributed by atoms with Gasteiger partial charge in [0.1, 0.15) is 5.03 Å². The Morgan fingerprint density at radius 1 is 1.62 bits per heavy atom. The minimum absolute atomic E-state index is 0.104. The van der Waals surface area contributed by atoms with E-state index in [1.165, 1.54) is 11.8 Å². The second kappa shape index (κ2) is 5.83. The molecule has 0 aliphatic carbocycles. The number of aliphatic hydroxyl groups is 1. The summed E-state index contributed by atoms with van der Waals surface area (Å²) in [5.41, 5.74) is 11.8. The van der Waals surface area contributed by atoms with Gasteiger partial charge < -0.3 is 16.6 Å². The van der Waals surface area contributed by atoms with Crippen LogP contribution in [0.25, 0.3) is 0 Å². The Morgan fingerprint density at radius 3 is 2.81 bits per heavy atom. The molecule has 1 heterocycles. The second-order valence-corrected chi connectivity index (χ2v) is 4.09. The molecule has 1 aromatic rings. The lowest BCUT2D eigenvalue weighted by Crippen LogP contribution is -2.16. The molecule has 1 amide bonds. The average Bonchev–Trinajstić information content (AvgIpc) is 2.27. The molecule has 0 spiro atoms. The Labute approximate surface area is 98.2 Å². The molecule has 0 aromatic carbocycles. The predicted octanol–water partition coefficient (Wildman–Crippen LogP) is -0.177. The van der Waals surface area contributed by atoms with Gasteiger partial charge in [-0.25, -0.2) is 4.98 Å². The fourth-order valence-corrected chi connectivity index (χ4v) is 1.96. The number of hydrogen-bond donors (Lipinski definition) is 3. The van der Waals surface area contributed by atoms with Crippen LogP contribution in [0.3, 0.4) is 0 Å². The Balaban J connectivity index is 3.01. The van der Waals surface area contributed by atoms with Crippen LogP contribution in [0.15, 0.2) is 17.2 Å². The first-order chi connectivity index (χ1) is 7.58. The van der Waals surface area contributed by atoms with Crippen molar-refractivity contribution in [1.82, 2.24) is 4.98 Å². The van der Waals surface area contributed by atoms with Gasteiger partial charge in [-0.3, -0.25) is 4.79 Å². The van der Waals surface area contributed by atoms with Crippen LogP contribution in [0.1, 0.15) is 17.4 Å². The number of carbonyl (C=O) groups excluding carboxylic acids is 1. The molecule has 6 heteroatoms. The van der Waals surface area contributed by atoms with Crippen molar-refractivity contribution in [2.75, 3.05) is 12.8 Å². The van der Waals surface area contributed by atoms with Gasteiger partial charge in [0.05, 0.1) is 18.2 Å². The lowest BCUT2D eigenvalue weighted by Gasteiger charge is -2.12. The normalized spacial score (nSPS) is 12.4. The molecule has 88 valence electrons. The number of thioether (sulfide) groups is 1. The van der Waals surface area contributed by atoms with Crippen molar-refractivity contribution in [3.05, 3.63) is 23.4 Å². The highest BCUT2D eigenvalue weighted by Gasteiger charge is 2.13. The van der Waals surface area contributed by atoms with E-state index in [0.29, 0.717) is 16.3 Å². The molecular formula is C10H15N3O2S. The summed E-state index contributed by atoms with van der Waals surface area (Å²) in [6.07, 6.45) is 1.23. The van der Waals surface area contributed by atoms with Crippen molar-refractivity contribution in [3.63, 3.8) is 0 Å². The smallest absolute Gasteiger partial charge is 0.223 e. The zero-order valence-electron chi connectivity index (χ0n) is 9.01. The van der Waals surface area contributed by atoms with Crippen LogP contribution in [0.4, 0.5) is 0 Å². The van der Waals surface area contributed by atoms with Crippen molar-refractivity contribution < 1.29 is 9.90 Å². The molecule has 1 rings (SSSR count). The van der Waals surface area contributed by atoms with E-state index < -0.39 is 12.0 Å². The van der Waals surface area contributed by atoms with Crippen molar-refractivity contribution in [2.24, 2.45) is 11.5 Å². The van der Waals surface area contributed by atoms with Gasteiger partial charge in [0.25, 0.3) is 0 Å². The summed E-state index contributed by atoms with van der Waals surface area (Å²) in [5.74, 6) is -0.424. The maximum absolute atomic E-state index is 10.7. The number of rotatable bonds is 5. The zero-order chi connectivity index (χ0) is 12.1. The van der Waals surface area contributed by atoms with E-state index in [-0.39, 0.29) is 13.0 Å². The number of aromatic nitrogens is 1. The molecule has 5 nitrogen and oxygen atoms in total. The third kappa shape index (κ3) is 3.19. The van der Waals surface area contributed by atoms with E-state index in [0.717, 1.165) is 0 Å². The quantitative estimate of drug-likeness (QED) is 0.621. The summed E-state index contributed by atoms with van der Waals surface area (Å²) in [6.45, 7) is 0.143. The van der Waals surface area contributed by atoms with Crippen molar-refractivity contribution in [3.8, 4) is 0 Å². The number of primary amides is 1. The number of hydrogen-bond acceptors (Lipinski definition) is 5. The molecule has 0 saturated heterocycles. The number of nitrogens with zero attached hydrogens (tertiary/aromatic N) is 1. The monoisotopic (exact) mass is 241 g/mol. The molecule has 1 aromatic heterocycles. The standard InChI is InChI=1S/C10H15N3O2S/c1-16-10-7(8(14)5-11)3-2-6(13-10)4-9(12)15/h2-3,8,14H,4-5,11H2,1H3,(H2,12,15). The first-order valence-corrected chi connectivity index (χ1v) is 6.01. The van der Waals surface area contributed by atoms with E-state index in [1.807, 2.05) is 6.26 Å². The second-order valence-electron chi connectivity index (χ2n) is 3.30. The summed E-state index contributed by atoms with van der Waals surface area (Å²) in [7, 11) is 0. The summed E-state index contributed by atoms with van der Waals surface area (Å²) < 4.78 is 0. The lowest BCUT2D eigenvalue weighted by atomic mass is 10.1. The Kier molecular flexibility index (Phi) is 4.72. The minimum Gasteiger partial charge on any atom is -0.387 e. The molecule has 0 aliphatic rings. The number of pyridine rings is 1. The lowest BCUT2D eigenvalue weighted by molar-refractivity contribution is -0.117. The molecular weight excluding hydrogens is 226 g/mol. The van der Waals surface area contributed by atoms with Gasteiger partial charge in [0, 0.05) is 12.1 Å². The van der Waals surface area contributed by atoms with E-state index in [4.69, 9.17) is 11.5 Å². The number of carbonyl (C=O) groups is 1. The topological polar surface area (TPSA) is 102 Å². The predicted molar refractivity (Wildman–Crippen MR) is 62.9 cm³/mol. The van der Waals surface area contributed by atoms with Crippen LogP contribution in [0, 0.1) is 0 Å². The van der Waals surface area contributed by atoms with Crippen LogP contribution < -0.4 is 11.5 Å². The van der Waals surface area contributed by atoms with Gasteiger partial charge in [0.15, 0.2) is 0 Å². The van der Waals surface area contributed by atoms with Crippen LogP contribution in [-0.4, -0.2) is 28.8 Å². The van der Waals surface area contributed by atoms with Crippen LogP contribution in [0.5, 0.6) is 0 Å². The van der Waals surface area contributed by atoms with Crippen LogP contribution in [-0.2, 0) is 11.2 Å². The molecule has 0 saturated carbocycles. The minimum atomic E-state index is -0.724. The fourth-order valence-electron chi connectivity index (χ4n) is 1.31. The number of nitrogens with two attached hydrogens (primary N) is 2. The first-order valence-electron chi connectivity index (χ1n) is 4.78. The molecule has 0 bridgehead atoms. The molecule has 0 aliphatic heterocycles. The highest BCUT2D eigenvalue weighted by Crippen LogP contribution is 2.24. The summed E-state index contributed by atoms with van der Waals surface area (Å²) in [5, 5.41) is 10.3. The Morgan fingerprint density at radius 2 is 2.31 bits per heavy atom. The van der Waals surface area contributed by atoms with Gasteiger partial charge >= 0.3 is 0 Å². The van der Waals surface area contributed by atoms with Gasteiger partial charge in [-0.05, 0) is 12.3 Å². The molecule has 5 N–H and O–H groups in total. The van der Waals surface area contributed by atoms with E-state index in [1.54, 1.807) is 12.1 Å². The van der Waals surface area contributed by atoms with Crippen LogP contribution >= 0.6 is 11.8 Å².